The van der Waals surface area contributed by atoms with Crippen molar-refractivity contribution in [3.8, 4) is 0 Å². The van der Waals surface area contributed by atoms with Gasteiger partial charge in [-0.1, -0.05) is 0 Å². The zero-order valence-corrected chi connectivity index (χ0v) is 6.21. The molecule has 1 atom stereocenters. The summed E-state index contributed by atoms with van der Waals surface area (Å²) in [7, 11) is 0. The number of carbonyl (C=O) groups is 1. The van der Waals surface area contributed by atoms with Crippen LogP contribution in [0.4, 0.5) is 0 Å². The molecule has 0 aliphatic carbocycles. The summed E-state index contributed by atoms with van der Waals surface area (Å²) in [4.78, 5) is 10.8. The number of hydrogen-bond donors (Lipinski definition) is 1. The van der Waals surface area contributed by atoms with E-state index in [1.54, 1.807) is 0 Å². The quantitative estimate of drug-likeness (QED) is 0.590. The van der Waals surface area contributed by atoms with Gasteiger partial charge in [0.1, 0.15) is 5.78 Å². The maximum absolute atomic E-state index is 10.8. The van der Waals surface area contributed by atoms with Crippen molar-refractivity contribution in [2.45, 2.75) is 32.2 Å². The summed E-state index contributed by atoms with van der Waals surface area (Å²) >= 11 is 0. The molecule has 0 saturated carbocycles. The molecule has 3 heteroatoms. The maximum Gasteiger partial charge on any atom is 0.149 e. The van der Waals surface area contributed by atoms with Crippen LogP contribution in [0.5, 0.6) is 0 Å². The molecule has 0 spiro atoms. The van der Waals surface area contributed by atoms with E-state index in [1.165, 1.54) is 6.92 Å². The first-order valence-electron chi connectivity index (χ1n) is 3.68. The third-order valence-corrected chi connectivity index (χ3v) is 1.94. The molecular weight excluding hydrogens is 130 g/mol. The van der Waals surface area contributed by atoms with Crippen LogP contribution in [0, 0.1) is 0 Å². The average molecular weight is 143 g/mol. The molecule has 1 fully saturated rings. The highest BCUT2D eigenvalue weighted by Crippen LogP contribution is 2.14. The van der Waals surface area contributed by atoms with E-state index in [4.69, 9.17) is 5.21 Å². The fourth-order valence-electron chi connectivity index (χ4n) is 1.33. The third kappa shape index (κ3) is 1.55. The van der Waals surface area contributed by atoms with Gasteiger partial charge in [-0.3, -0.25) is 4.79 Å². The van der Waals surface area contributed by atoms with E-state index in [0.29, 0.717) is 6.54 Å². The molecular formula is C7H13NO2. The lowest BCUT2D eigenvalue weighted by Gasteiger charge is -2.27. The van der Waals surface area contributed by atoms with Crippen LogP contribution in [0.3, 0.4) is 0 Å². The molecule has 58 valence electrons. The Kier molecular flexibility index (Phi) is 2.40. The van der Waals surface area contributed by atoms with E-state index in [0.717, 1.165) is 24.3 Å². The zero-order chi connectivity index (χ0) is 7.56. The van der Waals surface area contributed by atoms with Gasteiger partial charge in [0.2, 0.25) is 0 Å². The topological polar surface area (TPSA) is 40.5 Å². The molecule has 0 bridgehead atoms. The standard InChI is InChI=1S/C7H13NO2/c1-6(9)7-4-2-3-5-8(7)10/h7,10H,2-5H2,1H3/t7-/m0/s1. The first-order valence-corrected chi connectivity index (χ1v) is 3.68. The van der Waals surface area contributed by atoms with Crippen LogP contribution in [0.15, 0.2) is 0 Å². The van der Waals surface area contributed by atoms with Crippen LogP contribution in [0.25, 0.3) is 0 Å². The Labute approximate surface area is 60.6 Å². The van der Waals surface area contributed by atoms with Crippen LogP contribution in [-0.2, 0) is 4.79 Å². The van der Waals surface area contributed by atoms with Gasteiger partial charge in [-0.2, -0.15) is 5.06 Å². The van der Waals surface area contributed by atoms with Crippen molar-refractivity contribution < 1.29 is 10.0 Å². The minimum Gasteiger partial charge on any atom is -0.313 e. The number of ketones is 1. The molecule has 1 aliphatic heterocycles. The summed E-state index contributed by atoms with van der Waals surface area (Å²) in [5.74, 6) is 0.0715. The van der Waals surface area contributed by atoms with Crippen LogP contribution in [0.2, 0.25) is 0 Å². The van der Waals surface area contributed by atoms with Crippen LogP contribution in [0.1, 0.15) is 26.2 Å². The molecule has 1 heterocycles. The van der Waals surface area contributed by atoms with Gasteiger partial charge in [0.15, 0.2) is 0 Å². The molecule has 0 aromatic carbocycles. The monoisotopic (exact) mass is 143 g/mol. The van der Waals surface area contributed by atoms with Crippen molar-refractivity contribution in [1.29, 1.82) is 0 Å². The number of piperidine rings is 1. The first-order chi connectivity index (χ1) is 4.72. The van der Waals surface area contributed by atoms with Gasteiger partial charge in [-0.15, -0.1) is 0 Å². The lowest BCUT2D eigenvalue weighted by Crippen LogP contribution is -2.41. The normalized spacial score (nSPS) is 28.4. The van der Waals surface area contributed by atoms with Crippen LogP contribution >= 0.6 is 0 Å². The van der Waals surface area contributed by atoms with Gasteiger partial charge in [0.25, 0.3) is 0 Å². The highest BCUT2D eigenvalue weighted by Gasteiger charge is 2.23. The second-order valence-electron chi connectivity index (χ2n) is 2.79. The molecule has 1 saturated heterocycles. The molecule has 0 unspecified atom stereocenters. The van der Waals surface area contributed by atoms with E-state index in [2.05, 4.69) is 0 Å². The van der Waals surface area contributed by atoms with E-state index in [1.807, 2.05) is 0 Å². The van der Waals surface area contributed by atoms with Gasteiger partial charge in [0, 0.05) is 6.54 Å². The number of carbonyl (C=O) groups excluding carboxylic acids is 1. The molecule has 10 heavy (non-hydrogen) atoms. The largest absolute Gasteiger partial charge is 0.313 e. The van der Waals surface area contributed by atoms with E-state index < -0.39 is 0 Å². The predicted molar refractivity (Wildman–Crippen MR) is 36.8 cm³/mol. The van der Waals surface area contributed by atoms with Crippen molar-refractivity contribution >= 4 is 5.78 Å². The molecule has 0 aromatic heterocycles. The minimum absolute atomic E-state index is 0.0715. The minimum atomic E-state index is -0.228. The molecule has 0 radical (unpaired) electrons. The summed E-state index contributed by atoms with van der Waals surface area (Å²) in [6, 6.07) is -0.228. The predicted octanol–water partition coefficient (Wildman–Crippen LogP) is 0.819. The average Bonchev–Trinajstić information content (AvgIpc) is 1.88. The smallest absolute Gasteiger partial charge is 0.149 e. The Balaban J connectivity index is 2.47. The first kappa shape index (κ1) is 7.69. The molecule has 0 amide bonds. The molecule has 1 rings (SSSR count). The van der Waals surface area contributed by atoms with Crippen molar-refractivity contribution in [3.05, 3.63) is 0 Å². The summed E-state index contributed by atoms with van der Waals surface area (Å²) in [5.41, 5.74) is 0. The number of rotatable bonds is 1. The van der Waals surface area contributed by atoms with Gasteiger partial charge in [0.05, 0.1) is 6.04 Å². The Hall–Kier alpha value is -0.410. The van der Waals surface area contributed by atoms with Crippen molar-refractivity contribution in [1.82, 2.24) is 5.06 Å². The summed E-state index contributed by atoms with van der Waals surface area (Å²) < 4.78 is 0. The van der Waals surface area contributed by atoms with Gasteiger partial charge in [-0.05, 0) is 26.2 Å². The molecule has 1 aliphatic rings. The lowest BCUT2D eigenvalue weighted by atomic mass is 10.0. The van der Waals surface area contributed by atoms with Crippen LogP contribution < -0.4 is 0 Å². The fraction of sp³-hybridized carbons (Fsp3) is 0.857. The van der Waals surface area contributed by atoms with Gasteiger partial charge in [-0.25, -0.2) is 0 Å². The zero-order valence-electron chi connectivity index (χ0n) is 6.21. The maximum atomic E-state index is 10.8. The molecule has 0 aromatic rings. The third-order valence-electron chi connectivity index (χ3n) is 1.94. The second-order valence-corrected chi connectivity index (χ2v) is 2.79. The van der Waals surface area contributed by atoms with Gasteiger partial charge < -0.3 is 5.21 Å². The SMILES string of the molecule is CC(=O)[C@@H]1CCCCN1O. The number of hydrogen-bond acceptors (Lipinski definition) is 3. The lowest BCUT2D eigenvalue weighted by molar-refractivity contribution is -0.159. The summed E-state index contributed by atoms with van der Waals surface area (Å²) in [6.45, 7) is 2.17. The summed E-state index contributed by atoms with van der Waals surface area (Å²) in [6.07, 6.45) is 2.87. The van der Waals surface area contributed by atoms with E-state index >= 15 is 0 Å². The van der Waals surface area contributed by atoms with E-state index in [-0.39, 0.29) is 11.8 Å². The summed E-state index contributed by atoms with van der Waals surface area (Å²) in [5, 5.41) is 10.3. The van der Waals surface area contributed by atoms with Crippen molar-refractivity contribution in [2.75, 3.05) is 6.54 Å². The Morgan fingerprint density at radius 2 is 2.30 bits per heavy atom. The van der Waals surface area contributed by atoms with Gasteiger partial charge >= 0.3 is 0 Å². The van der Waals surface area contributed by atoms with E-state index in [9.17, 15) is 4.79 Å². The highest BCUT2D eigenvalue weighted by atomic mass is 16.5. The Morgan fingerprint density at radius 1 is 1.60 bits per heavy atom. The second kappa shape index (κ2) is 3.12. The van der Waals surface area contributed by atoms with Crippen LogP contribution in [-0.4, -0.2) is 28.6 Å². The number of Topliss-reactive ketones (excluding diaryl/α,β-unsaturated/α-hetero) is 1. The van der Waals surface area contributed by atoms with Crippen molar-refractivity contribution in [3.63, 3.8) is 0 Å². The fourth-order valence-corrected chi connectivity index (χ4v) is 1.33. The Morgan fingerprint density at radius 3 is 2.70 bits per heavy atom. The molecule has 3 nitrogen and oxygen atoms in total. The molecule has 1 N–H and O–H groups in total. The number of nitrogens with zero attached hydrogens (tertiary/aromatic N) is 1. The highest BCUT2D eigenvalue weighted by molar-refractivity contribution is 5.81. The van der Waals surface area contributed by atoms with Crippen molar-refractivity contribution in [2.24, 2.45) is 0 Å². The number of hydroxylamine groups is 2. The Bertz CT molecular complexity index is 136.